The van der Waals surface area contributed by atoms with Gasteiger partial charge in [-0.25, -0.2) is 18.6 Å². The number of anilines is 1. The molecule has 4 aromatic rings. The summed E-state index contributed by atoms with van der Waals surface area (Å²) in [6.07, 6.45) is 0. The van der Waals surface area contributed by atoms with Crippen LogP contribution >= 0.6 is 11.6 Å². The van der Waals surface area contributed by atoms with Crippen molar-refractivity contribution in [3.8, 4) is 11.3 Å². The minimum Gasteiger partial charge on any atom is -0.452 e. The van der Waals surface area contributed by atoms with E-state index >= 15 is 0 Å². The van der Waals surface area contributed by atoms with Gasteiger partial charge in [0.15, 0.2) is 6.61 Å². The summed E-state index contributed by atoms with van der Waals surface area (Å²) in [5.41, 5.74) is 1.64. The van der Waals surface area contributed by atoms with Crippen molar-refractivity contribution >= 4 is 40.3 Å². The van der Waals surface area contributed by atoms with Crippen LogP contribution in [-0.4, -0.2) is 28.6 Å². The van der Waals surface area contributed by atoms with Crippen LogP contribution in [0.5, 0.6) is 0 Å². The molecule has 7 nitrogen and oxygen atoms in total. The van der Waals surface area contributed by atoms with Gasteiger partial charge in [0.25, 0.3) is 11.6 Å². The Morgan fingerprint density at radius 3 is 2.53 bits per heavy atom. The van der Waals surface area contributed by atoms with Gasteiger partial charge in [0.2, 0.25) is 0 Å². The Morgan fingerprint density at radius 1 is 1.09 bits per heavy atom. The Balaban J connectivity index is 1.56. The first-order chi connectivity index (χ1) is 15.3. The zero-order valence-electron chi connectivity index (χ0n) is 16.5. The fourth-order valence-electron chi connectivity index (χ4n) is 3.01. The quantitative estimate of drug-likeness (QED) is 0.427. The molecule has 2 aromatic carbocycles. The van der Waals surface area contributed by atoms with Crippen LogP contribution in [0.4, 0.5) is 14.5 Å². The number of amides is 1. The summed E-state index contributed by atoms with van der Waals surface area (Å²) in [7, 11) is 0. The highest BCUT2D eigenvalue weighted by molar-refractivity contribution is 6.33. The first-order valence-corrected chi connectivity index (χ1v) is 9.64. The Hall–Kier alpha value is -3.85. The second-order valence-corrected chi connectivity index (χ2v) is 7.17. The van der Waals surface area contributed by atoms with Gasteiger partial charge in [0.05, 0.1) is 33.0 Å². The monoisotopic (exact) mass is 457 g/mol. The number of nitrogens with one attached hydrogen (secondary N) is 1. The number of aryl methyl sites for hydroxylation is 1. The normalized spacial score (nSPS) is 10.9. The van der Waals surface area contributed by atoms with Crippen molar-refractivity contribution in [2.24, 2.45) is 0 Å². The van der Waals surface area contributed by atoms with E-state index in [1.807, 2.05) is 0 Å². The molecule has 0 aliphatic heterocycles. The number of hydrogen-bond acceptors (Lipinski definition) is 6. The summed E-state index contributed by atoms with van der Waals surface area (Å²) in [5, 5.41) is 6.60. The number of rotatable bonds is 5. The molecule has 4 rings (SSSR count). The van der Waals surface area contributed by atoms with Crippen LogP contribution in [0.2, 0.25) is 5.02 Å². The van der Waals surface area contributed by atoms with Gasteiger partial charge in [-0.2, -0.15) is 0 Å². The van der Waals surface area contributed by atoms with Gasteiger partial charge in [0, 0.05) is 5.56 Å². The number of aromatic nitrogens is 2. The van der Waals surface area contributed by atoms with E-state index in [0.717, 1.165) is 12.1 Å². The smallest absolute Gasteiger partial charge is 0.339 e. The number of carbonyl (C=O) groups is 2. The summed E-state index contributed by atoms with van der Waals surface area (Å²) < 4.78 is 36.7. The molecule has 0 unspecified atom stereocenters. The van der Waals surface area contributed by atoms with Gasteiger partial charge >= 0.3 is 5.97 Å². The summed E-state index contributed by atoms with van der Waals surface area (Å²) in [6.45, 7) is 1.01. The molecule has 0 saturated carbocycles. The highest BCUT2D eigenvalue weighted by Gasteiger charge is 2.21. The third kappa shape index (κ3) is 4.42. The molecule has 10 heteroatoms. The maximum Gasteiger partial charge on any atom is 0.339 e. The number of nitrogens with zero attached hydrogens (tertiary/aromatic N) is 2. The first kappa shape index (κ1) is 21.4. The molecular weight excluding hydrogens is 444 g/mol. The molecule has 0 fully saturated rings. The lowest BCUT2D eigenvalue weighted by molar-refractivity contribution is -0.119. The van der Waals surface area contributed by atoms with E-state index in [4.69, 9.17) is 20.9 Å². The lowest BCUT2D eigenvalue weighted by atomic mass is 10.1. The van der Waals surface area contributed by atoms with Gasteiger partial charge in [-0.05, 0) is 55.5 Å². The molecule has 32 heavy (non-hydrogen) atoms. The number of ether oxygens (including phenoxy) is 1. The number of hydrogen-bond donors (Lipinski definition) is 1. The van der Waals surface area contributed by atoms with Crippen molar-refractivity contribution < 1.29 is 27.6 Å². The van der Waals surface area contributed by atoms with Crippen LogP contribution < -0.4 is 5.32 Å². The van der Waals surface area contributed by atoms with Gasteiger partial charge in [0.1, 0.15) is 11.6 Å². The average Bonchev–Trinajstić information content (AvgIpc) is 3.14. The largest absolute Gasteiger partial charge is 0.452 e. The molecule has 0 radical (unpaired) electrons. The van der Waals surface area contributed by atoms with E-state index < -0.39 is 30.1 Å². The van der Waals surface area contributed by atoms with Crippen molar-refractivity contribution in [2.75, 3.05) is 11.9 Å². The summed E-state index contributed by atoms with van der Waals surface area (Å²) >= 11 is 5.88. The molecule has 162 valence electrons. The summed E-state index contributed by atoms with van der Waals surface area (Å²) in [6, 6.07) is 10.4. The van der Waals surface area contributed by atoms with Gasteiger partial charge < -0.3 is 14.6 Å². The fourth-order valence-corrected chi connectivity index (χ4v) is 3.22. The lowest BCUT2D eigenvalue weighted by Crippen LogP contribution is -2.21. The predicted molar refractivity (Wildman–Crippen MR) is 112 cm³/mol. The zero-order chi connectivity index (χ0) is 22.8. The van der Waals surface area contributed by atoms with Crippen LogP contribution in [0.3, 0.4) is 0 Å². The standard InChI is InChI=1S/C22H14ClF2N3O4/c1-11-20-15(9-18(27-21(20)32-28-11)12-2-4-13(24)5-3-12)22(30)31-10-19(29)26-17-7-6-14(25)8-16(17)23/h2-9H,10H2,1H3,(H,26,29). The molecule has 0 bridgehead atoms. The number of fused-ring (bicyclic) bond motifs is 1. The van der Waals surface area contributed by atoms with E-state index in [1.54, 1.807) is 6.92 Å². The second-order valence-electron chi connectivity index (χ2n) is 6.76. The molecule has 2 aromatic heterocycles. The fraction of sp³-hybridized carbons (Fsp3) is 0.0909. The molecule has 0 aliphatic rings. The lowest BCUT2D eigenvalue weighted by Gasteiger charge is -2.09. The highest BCUT2D eigenvalue weighted by Crippen LogP contribution is 2.28. The van der Waals surface area contributed by atoms with E-state index in [1.165, 1.54) is 36.4 Å². The third-order valence-electron chi connectivity index (χ3n) is 4.52. The van der Waals surface area contributed by atoms with Crippen molar-refractivity contribution in [2.45, 2.75) is 6.92 Å². The maximum atomic E-state index is 13.3. The SMILES string of the molecule is Cc1noc2nc(-c3ccc(F)cc3)cc(C(=O)OCC(=O)Nc3ccc(F)cc3Cl)c12. The van der Waals surface area contributed by atoms with Gasteiger partial charge in [-0.1, -0.05) is 16.8 Å². The van der Waals surface area contributed by atoms with Gasteiger partial charge in [-0.3, -0.25) is 4.79 Å². The Kier molecular flexibility index (Phi) is 5.83. The van der Waals surface area contributed by atoms with Crippen LogP contribution in [0.15, 0.2) is 53.1 Å². The summed E-state index contributed by atoms with van der Waals surface area (Å²) in [4.78, 5) is 29.3. The number of esters is 1. The first-order valence-electron chi connectivity index (χ1n) is 9.27. The number of carbonyl (C=O) groups excluding carboxylic acids is 2. The van der Waals surface area contributed by atoms with E-state index in [2.05, 4.69) is 15.5 Å². The predicted octanol–water partition coefficient (Wildman–Crippen LogP) is 4.93. The van der Waals surface area contributed by atoms with Crippen LogP contribution in [0.25, 0.3) is 22.4 Å². The van der Waals surface area contributed by atoms with Crippen LogP contribution in [0.1, 0.15) is 16.1 Å². The maximum absolute atomic E-state index is 13.3. The third-order valence-corrected chi connectivity index (χ3v) is 4.83. The molecule has 0 atom stereocenters. The van der Waals surface area contributed by atoms with E-state index in [9.17, 15) is 18.4 Å². The summed E-state index contributed by atoms with van der Waals surface area (Å²) in [5.74, 6) is -2.45. The Morgan fingerprint density at radius 2 is 1.81 bits per heavy atom. The van der Waals surface area contributed by atoms with Crippen molar-refractivity contribution in [3.05, 3.63) is 76.4 Å². The van der Waals surface area contributed by atoms with Gasteiger partial charge in [-0.15, -0.1) is 0 Å². The minimum absolute atomic E-state index is 0.00422. The van der Waals surface area contributed by atoms with Crippen molar-refractivity contribution in [1.82, 2.24) is 10.1 Å². The molecule has 1 amide bonds. The zero-order valence-corrected chi connectivity index (χ0v) is 17.2. The van der Waals surface area contributed by atoms with Crippen molar-refractivity contribution in [3.63, 3.8) is 0 Å². The molecule has 2 heterocycles. The second kappa shape index (κ2) is 8.72. The molecule has 0 saturated heterocycles. The van der Waals surface area contributed by atoms with Crippen LogP contribution in [-0.2, 0) is 9.53 Å². The van der Waals surface area contributed by atoms with E-state index in [-0.39, 0.29) is 22.0 Å². The molecule has 0 aliphatic carbocycles. The Bertz CT molecular complexity index is 1340. The highest BCUT2D eigenvalue weighted by atomic mass is 35.5. The van der Waals surface area contributed by atoms with E-state index in [0.29, 0.717) is 22.3 Å². The Labute approximate surface area is 184 Å². The molecular formula is C22H14ClF2N3O4. The molecule has 0 spiro atoms. The molecule has 1 N–H and O–H groups in total. The number of benzene rings is 2. The topological polar surface area (TPSA) is 94.3 Å². The average molecular weight is 458 g/mol. The van der Waals surface area contributed by atoms with Crippen molar-refractivity contribution in [1.29, 1.82) is 0 Å². The van der Waals surface area contributed by atoms with Crippen LogP contribution in [0, 0.1) is 18.6 Å². The number of pyridine rings is 1. The minimum atomic E-state index is -0.813. The number of halogens is 3.